The van der Waals surface area contributed by atoms with Crippen LogP contribution in [0.15, 0.2) is 18.2 Å². The molecule has 0 fully saturated rings. The van der Waals surface area contributed by atoms with E-state index in [-0.39, 0.29) is 11.6 Å². The van der Waals surface area contributed by atoms with E-state index in [9.17, 15) is 4.39 Å². The Labute approximate surface area is 66.6 Å². The van der Waals surface area contributed by atoms with E-state index in [1.54, 1.807) is 6.92 Å². The summed E-state index contributed by atoms with van der Waals surface area (Å²) in [7, 11) is 5.41. The molecule has 0 aromatic heterocycles. The van der Waals surface area contributed by atoms with Crippen LogP contribution in [0.3, 0.4) is 0 Å². The predicted octanol–water partition coefficient (Wildman–Crippen LogP) is 1.02. The molecule has 3 heteroatoms. The third kappa shape index (κ3) is 1.97. The molecule has 1 nitrogen and oxygen atoms in total. The Bertz CT molecular complexity index is 250. The Hall–Kier alpha value is -0.985. The first-order valence-corrected chi connectivity index (χ1v) is 3.42. The fourth-order valence-electron chi connectivity index (χ4n) is 0.786. The maximum atomic E-state index is 12.8. The molecule has 1 aromatic rings. The second-order valence-electron chi connectivity index (χ2n) is 2.12. The van der Waals surface area contributed by atoms with Crippen LogP contribution in [0.5, 0.6) is 5.75 Å². The first kappa shape index (κ1) is 8.11. The van der Waals surface area contributed by atoms with Crippen LogP contribution < -0.4 is 10.2 Å². The van der Waals surface area contributed by atoms with E-state index in [2.05, 4.69) is 0 Å². The number of benzene rings is 1. The van der Waals surface area contributed by atoms with Gasteiger partial charge in [-0.05, 0) is 19.1 Å². The molecular formula is C8H8BFO. The third-order valence-corrected chi connectivity index (χ3v) is 1.26. The lowest BCUT2D eigenvalue weighted by atomic mass is 9.96. The van der Waals surface area contributed by atoms with Crippen molar-refractivity contribution in [2.45, 2.75) is 6.92 Å². The quantitative estimate of drug-likeness (QED) is 0.571. The molecule has 0 saturated heterocycles. The molecule has 0 amide bonds. The monoisotopic (exact) mass is 150 g/mol. The average molecular weight is 150 g/mol. The van der Waals surface area contributed by atoms with Crippen LogP contribution in [0, 0.1) is 5.82 Å². The van der Waals surface area contributed by atoms with Gasteiger partial charge in [0.05, 0.1) is 6.61 Å². The number of hydrogen-bond donors (Lipinski definition) is 0. The van der Waals surface area contributed by atoms with Crippen LogP contribution in [0.4, 0.5) is 4.39 Å². The maximum absolute atomic E-state index is 12.8. The smallest absolute Gasteiger partial charge is 0.165 e. The Balaban J connectivity index is 2.93. The zero-order valence-corrected chi connectivity index (χ0v) is 6.30. The van der Waals surface area contributed by atoms with Crippen LogP contribution >= 0.6 is 0 Å². The molecule has 56 valence electrons. The molecule has 0 N–H and O–H groups in total. The van der Waals surface area contributed by atoms with Crippen LogP contribution in [-0.2, 0) is 0 Å². The van der Waals surface area contributed by atoms with Crippen molar-refractivity contribution in [3.63, 3.8) is 0 Å². The lowest BCUT2D eigenvalue weighted by Crippen LogP contribution is -2.04. The van der Waals surface area contributed by atoms with Gasteiger partial charge in [-0.25, -0.2) is 4.39 Å². The van der Waals surface area contributed by atoms with Crippen LogP contribution in [0.2, 0.25) is 0 Å². The highest BCUT2D eigenvalue weighted by atomic mass is 19.1. The summed E-state index contributed by atoms with van der Waals surface area (Å²) in [6.07, 6.45) is 0. The van der Waals surface area contributed by atoms with Gasteiger partial charge in [-0.15, -0.1) is 0 Å². The van der Waals surface area contributed by atoms with Gasteiger partial charge in [0.1, 0.15) is 7.85 Å². The number of hydrogen-bond acceptors (Lipinski definition) is 1. The highest BCUT2D eigenvalue weighted by molar-refractivity contribution is 6.32. The molecule has 0 heterocycles. The maximum Gasteiger partial charge on any atom is 0.165 e. The van der Waals surface area contributed by atoms with E-state index in [1.165, 1.54) is 18.2 Å². The van der Waals surface area contributed by atoms with Crippen molar-refractivity contribution in [2.75, 3.05) is 6.61 Å². The molecule has 1 aromatic carbocycles. The summed E-state index contributed by atoms with van der Waals surface area (Å²) in [6, 6.07) is 4.26. The zero-order chi connectivity index (χ0) is 8.27. The summed E-state index contributed by atoms with van der Waals surface area (Å²) in [6.45, 7) is 2.24. The van der Waals surface area contributed by atoms with Crippen molar-refractivity contribution in [3.8, 4) is 5.75 Å². The summed E-state index contributed by atoms with van der Waals surface area (Å²) in [5, 5.41) is 0. The van der Waals surface area contributed by atoms with E-state index in [0.717, 1.165) is 0 Å². The summed E-state index contributed by atoms with van der Waals surface area (Å²) in [4.78, 5) is 0. The van der Waals surface area contributed by atoms with Crippen molar-refractivity contribution in [1.82, 2.24) is 0 Å². The first-order chi connectivity index (χ1) is 5.24. The number of rotatable bonds is 2. The van der Waals surface area contributed by atoms with E-state index >= 15 is 0 Å². The first-order valence-electron chi connectivity index (χ1n) is 3.42. The van der Waals surface area contributed by atoms with Gasteiger partial charge >= 0.3 is 0 Å². The molecule has 0 bridgehead atoms. The van der Waals surface area contributed by atoms with Gasteiger partial charge in [0.2, 0.25) is 0 Å². The second kappa shape index (κ2) is 3.42. The van der Waals surface area contributed by atoms with Gasteiger partial charge < -0.3 is 4.74 Å². The van der Waals surface area contributed by atoms with Crippen molar-refractivity contribution < 1.29 is 9.13 Å². The van der Waals surface area contributed by atoms with Gasteiger partial charge in [0, 0.05) is 0 Å². The Morgan fingerprint density at radius 3 is 2.91 bits per heavy atom. The van der Waals surface area contributed by atoms with E-state index < -0.39 is 0 Å². The fourth-order valence-corrected chi connectivity index (χ4v) is 0.786. The summed E-state index contributed by atoms with van der Waals surface area (Å²) >= 11 is 0. The molecule has 0 aliphatic carbocycles. The van der Waals surface area contributed by atoms with Gasteiger partial charge in [-0.3, -0.25) is 0 Å². The number of ether oxygens (including phenoxy) is 1. The molecule has 2 radical (unpaired) electrons. The van der Waals surface area contributed by atoms with Gasteiger partial charge in [-0.1, -0.05) is 11.5 Å². The minimum absolute atomic E-state index is 0.215. The summed E-state index contributed by atoms with van der Waals surface area (Å²) < 4.78 is 17.7. The highest BCUT2D eigenvalue weighted by Crippen LogP contribution is 2.13. The van der Waals surface area contributed by atoms with E-state index in [0.29, 0.717) is 12.1 Å². The predicted molar refractivity (Wildman–Crippen MR) is 43.0 cm³/mol. The molecule has 0 unspecified atom stereocenters. The average Bonchev–Trinajstić information content (AvgIpc) is 1.98. The van der Waals surface area contributed by atoms with Gasteiger partial charge in [-0.2, -0.15) is 0 Å². The molecule has 0 aliphatic heterocycles. The van der Waals surface area contributed by atoms with Crippen molar-refractivity contribution in [3.05, 3.63) is 24.0 Å². The zero-order valence-electron chi connectivity index (χ0n) is 6.30. The highest BCUT2D eigenvalue weighted by Gasteiger charge is 2.00. The Morgan fingerprint density at radius 2 is 2.27 bits per heavy atom. The Kier molecular flexibility index (Phi) is 2.52. The molecule has 0 atom stereocenters. The van der Waals surface area contributed by atoms with Crippen LogP contribution in [0.1, 0.15) is 6.92 Å². The standard InChI is InChI=1S/C8H8BFO/c1-2-11-8-5-6(9)3-4-7(8)10/h3-5H,2H2,1H3. The lowest BCUT2D eigenvalue weighted by Gasteiger charge is -2.04. The molecule has 0 spiro atoms. The third-order valence-electron chi connectivity index (χ3n) is 1.26. The minimum atomic E-state index is -0.374. The molecule has 11 heavy (non-hydrogen) atoms. The van der Waals surface area contributed by atoms with E-state index in [4.69, 9.17) is 12.6 Å². The van der Waals surface area contributed by atoms with Crippen molar-refractivity contribution >= 4 is 13.3 Å². The molecule has 0 aliphatic rings. The Morgan fingerprint density at radius 1 is 1.55 bits per heavy atom. The largest absolute Gasteiger partial charge is 0.491 e. The van der Waals surface area contributed by atoms with E-state index in [1.807, 2.05) is 0 Å². The lowest BCUT2D eigenvalue weighted by molar-refractivity contribution is 0.322. The fraction of sp³-hybridized carbons (Fsp3) is 0.250. The van der Waals surface area contributed by atoms with Crippen LogP contribution in [-0.4, -0.2) is 14.5 Å². The molecule has 0 saturated carbocycles. The normalized spacial score (nSPS) is 9.64. The van der Waals surface area contributed by atoms with Crippen LogP contribution in [0.25, 0.3) is 0 Å². The van der Waals surface area contributed by atoms with Gasteiger partial charge in [0.15, 0.2) is 11.6 Å². The van der Waals surface area contributed by atoms with Crippen molar-refractivity contribution in [1.29, 1.82) is 0 Å². The molecule has 1 rings (SSSR count). The second-order valence-corrected chi connectivity index (χ2v) is 2.12. The minimum Gasteiger partial charge on any atom is -0.491 e. The number of halogens is 1. The summed E-state index contributed by atoms with van der Waals surface area (Å²) in [5.41, 5.74) is 0.509. The molecular weight excluding hydrogens is 142 g/mol. The van der Waals surface area contributed by atoms with Crippen molar-refractivity contribution in [2.24, 2.45) is 0 Å². The topological polar surface area (TPSA) is 9.23 Å². The SMILES string of the molecule is [B]c1ccc(F)c(OCC)c1. The van der Waals surface area contributed by atoms with Gasteiger partial charge in [0.25, 0.3) is 0 Å². The summed E-state index contributed by atoms with van der Waals surface area (Å²) in [5.74, 6) is -0.159.